The average Bonchev–Trinajstić information content (AvgIpc) is 2.60. The highest BCUT2D eigenvalue weighted by Crippen LogP contribution is 2.28. The summed E-state index contributed by atoms with van der Waals surface area (Å²) in [5, 5.41) is 3.66. The van der Waals surface area contributed by atoms with Crippen LogP contribution in [0.1, 0.15) is 17.0 Å². The molecule has 3 rings (SSSR count). The van der Waals surface area contributed by atoms with Crippen LogP contribution in [0.4, 0.5) is 24.9 Å². The fraction of sp³-hybridized carbons (Fsp3) is 0.412. The Balaban J connectivity index is 1.61. The largest absolute Gasteiger partial charge is 0.433 e. The van der Waals surface area contributed by atoms with E-state index in [0.717, 1.165) is 23.5 Å². The van der Waals surface area contributed by atoms with Gasteiger partial charge in [-0.2, -0.15) is 13.2 Å². The van der Waals surface area contributed by atoms with Gasteiger partial charge in [-0.1, -0.05) is 0 Å². The maximum absolute atomic E-state index is 12.8. The quantitative estimate of drug-likeness (QED) is 0.783. The van der Waals surface area contributed by atoms with E-state index in [4.69, 9.17) is 12.2 Å². The molecule has 6 nitrogen and oxygen atoms in total. The lowest BCUT2D eigenvalue weighted by atomic mass is 10.2. The summed E-state index contributed by atoms with van der Waals surface area (Å²) in [5.74, 6) is 0.764. The molecule has 27 heavy (non-hydrogen) atoms. The van der Waals surface area contributed by atoms with Gasteiger partial charge in [-0.3, -0.25) is 0 Å². The van der Waals surface area contributed by atoms with E-state index in [9.17, 15) is 13.2 Å². The van der Waals surface area contributed by atoms with Crippen molar-refractivity contribution in [2.24, 2.45) is 0 Å². The topological polar surface area (TPSA) is 57.2 Å². The van der Waals surface area contributed by atoms with Crippen LogP contribution in [0, 0.1) is 13.8 Å². The molecule has 2 aromatic rings. The third kappa shape index (κ3) is 4.82. The van der Waals surface area contributed by atoms with Crippen LogP contribution in [0.2, 0.25) is 0 Å². The predicted octanol–water partition coefficient (Wildman–Crippen LogP) is 3.03. The lowest BCUT2D eigenvalue weighted by Crippen LogP contribution is -2.50. The molecule has 0 spiro atoms. The molecule has 1 aliphatic heterocycles. The number of anilines is 2. The van der Waals surface area contributed by atoms with E-state index in [2.05, 4.69) is 20.3 Å². The fourth-order valence-electron chi connectivity index (χ4n) is 2.86. The van der Waals surface area contributed by atoms with Crippen LogP contribution in [-0.4, -0.2) is 51.1 Å². The smallest absolute Gasteiger partial charge is 0.345 e. The third-order valence-corrected chi connectivity index (χ3v) is 4.48. The molecule has 0 saturated carbocycles. The van der Waals surface area contributed by atoms with E-state index in [1.807, 2.05) is 30.9 Å². The minimum atomic E-state index is -4.48. The van der Waals surface area contributed by atoms with Crippen LogP contribution < -0.4 is 10.2 Å². The summed E-state index contributed by atoms with van der Waals surface area (Å²) < 4.78 is 38.5. The Bertz CT molecular complexity index is 813. The zero-order valence-corrected chi connectivity index (χ0v) is 15.7. The van der Waals surface area contributed by atoms with Crippen molar-refractivity contribution in [2.45, 2.75) is 20.0 Å². The number of rotatable bonds is 2. The zero-order valence-electron chi connectivity index (χ0n) is 14.9. The molecule has 10 heteroatoms. The second-order valence-corrected chi connectivity index (χ2v) is 6.70. The summed E-state index contributed by atoms with van der Waals surface area (Å²) in [6.45, 7) is 5.95. The minimum Gasteiger partial charge on any atom is -0.345 e. The van der Waals surface area contributed by atoms with Crippen molar-refractivity contribution in [2.75, 3.05) is 36.4 Å². The van der Waals surface area contributed by atoms with Gasteiger partial charge in [-0.15, -0.1) is 0 Å². The Morgan fingerprint density at radius 3 is 2.44 bits per heavy atom. The maximum Gasteiger partial charge on any atom is 0.433 e. The molecule has 3 heterocycles. The van der Waals surface area contributed by atoms with Gasteiger partial charge in [0.25, 0.3) is 0 Å². The van der Waals surface area contributed by atoms with E-state index in [-0.39, 0.29) is 5.95 Å². The van der Waals surface area contributed by atoms with Crippen molar-refractivity contribution in [1.29, 1.82) is 0 Å². The second-order valence-electron chi connectivity index (χ2n) is 6.32. The fourth-order valence-corrected chi connectivity index (χ4v) is 3.15. The Labute approximate surface area is 160 Å². The van der Waals surface area contributed by atoms with Gasteiger partial charge < -0.3 is 15.1 Å². The number of hydrogen-bond donors (Lipinski definition) is 1. The lowest BCUT2D eigenvalue weighted by Gasteiger charge is -2.36. The van der Waals surface area contributed by atoms with Crippen LogP contribution in [0.25, 0.3) is 0 Å². The van der Waals surface area contributed by atoms with Gasteiger partial charge in [-0.05, 0) is 49.8 Å². The summed E-state index contributed by atoms with van der Waals surface area (Å²) >= 11 is 5.44. The number of thiocarbonyl (C=S) groups is 1. The van der Waals surface area contributed by atoms with E-state index in [0.29, 0.717) is 37.1 Å². The van der Waals surface area contributed by atoms with Crippen LogP contribution in [0.5, 0.6) is 0 Å². The summed E-state index contributed by atoms with van der Waals surface area (Å²) in [7, 11) is 0. The first kappa shape index (κ1) is 19.3. The number of aromatic nitrogens is 3. The van der Waals surface area contributed by atoms with E-state index in [1.165, 1.54) is 0 Å². The highest BCUT2D eigenvalue weighted by atomic mass is 32.1. The van der Waals surface area contributed by atoms with Gasteiger partial charge in [0.05, 0.1) is 0 Å². The molecular formula is C17H19F3N6S. The molecule has 0 radical (unpaired) electrons. The van der Waals surface area contributed by atoms with Crippen molar-refractivity contribution >= 4 is 29.1 Å². The Kier molecular flexibility index (Phi) is 5.45. The lowest BCUT2D eigenvalue weighted by molar-refractivity contribution is -0.141. The molecule has 0 unspecified atom stereocenters. The Hall–Kier alpha value is -2.49. The molecule has 0 amide bonds. The van der Waals surface area contributed by atoms with Gasteiger partial charge >= 0.3 is 6.18 Å². The van der Waals surface area contributed by atoms with Crippen molar-refractivity contribution in [3.63, 3.8) is 0 Å². The number of pyridine rings is 1. The Morgan fingerprint density at radius 1 is 1.11 bits per heavy atom. The summed E-state index contributed by atoms with van der Waals surface area (Å²) in [6.07, 6.45) is -3.35. The molecule has 2 aromatic heterocycles. The molecule has 0 atom stereocenters. The molecule has 0 aliphatic carbocycles. The third-order valence-electron chi connectivity index (χ3n) is 4.12. The molecule has 1 fully saturated rings. The van der Waals surface area contributed by atoms with Gasteiger partial charge in [0.2, 0.25) is 5.95 Å². The van der Waals surface area contributed by atoms with Gasteiger partial charge in [0, 0.05) is 38.1 Å². The van der Waals surface area contributed by atoms with Crippen LogP contribution in [-0.2, 0) is 6.18 Å². The number of hydrogen-bond acceptors (Lipinski definition) is 5. The van der Waals surface area contributed by atoms with Crippen LogP contribution in [0.3, 0.4) is 0 Å². The van der Waals surface area contributed by atoms with E-state index < -0.39 is 11.9 Å². The van der Waals surface area contributed by atoms with Gasteiger partial charge in [-0.25, -0.2) is 15.0 Å². The monoisotopic (exact) mass is 396 g/mol. The minimum absolute atomic E-state index is 0.0827. The number of nitrogens with one attached hydrogen (secondary N) is 1. The SMILES string of the molecule is Cc1cc(C)nc(NC(=S)N2CCN(c3nccc(C(F)(F)F)n3)CC2)c1. The Morgan fingerprint density at radius 2 is 1.81 bits per heavy atom. The number of alkyl halides is 3. The number of halogens is 3. The van der Waals surface area contributed by atoms with Crippen molar-refractivity contribution < 1.29 is 13.2 Å². The first-order chi connectivity index (χ1) is 12.7. The molecule has 1 aliphatic rings. The second kappa shape index (κ2) is 7.63. The van der Waals surface area contributed by atoms with Crippen LogP contribution >= 0.6 is 12.2 Å². The molecule has 144 valence electrons. The number of nitrogens with zero attached hydrogens (tertiary/aromatic N) is 5. The van der Waals surface area contributed by atoms with E-state index >= 15 is 0 Å². The summed E-state index contributed by atoms with van der Waals surface area (Å²) in [5.41, 5.74) is 1.04. The van der Waals surface area contributed by atoms with Crippen molar-refractivity contribution in [3.8, 4) is 0 Å². The highest BCUT2D eigenvalue weighted by molar-refractivity contribution is 7.80. The predicted molar refractivity (Wildman–Crippen MR) is 101 cm³/mol. The molecule has 0 aromatic carbocycles. The van der Waals surface area contributed by atoms with Crippen molar-refractivity contribution in [3.05, 3.63) is 41.3 Å². The van der Waals surface area contributed by atoms with Crippen LogP contribution in [0.15, 0.2) is 24.4 Å². The first-order valence-corrected chi connectivity index (χ1v) is 8.79. The summed E-state index contributed by atoms with van der Waals surface area (Å²) in [4.78, 5) is 15.7. The van der Waals surface area contributed by atoms with Gasteiger partial charge in [0.15, 0.2) is 5.11 Å². The van der Waals surface area contributed by atoms with Gasteiger partial charge in [0.1, 0.15) is 11.5 Å². The number of aryl methyl sites for hydroxylation is 2. The average molecular weight is 396 g/mol. The van der Waals surface area contributed by atoms with Crippen molar-refractivity contribution in [1.82, 2.24) is 19.9 Å². The summed E-state index contributed by atoms with van der Waals surface area (Å²) in [6, 6.07) is 4.75. The first-order valence-electron chi connectivity index (χ1n) is 8.39. The molecule has 1 N–H and O–H groups in total. The maximum atomic E-state index is 12.8. The zero-order chi connectivity index (χ0) is 19.6. The molecule has 1 saturated heterocycles. The standard InChI is InChI=1S/C17H19F3N6S/c1-11-9-12(2)22-14(10-11)24-16(27)26-7-5-25(6-8-26)15-21-4-3-13(23-15)17(18,19)20/h3-4,9-10H,5-8H2,1-2H3,(H,22,24,27). The number of piperazine rings is 1. The molecule has 0 bridgehead atoms. The highest BCUT2D eigenvalue weighted by Gasteiger charge is 2.33. The molecular weight excluding hydrogens is 377 g/mol. The van der Waals surface area contributed by atoms with E-state index in [1.54, 1.807) is 4.90 Å². The normalized spacial score (nSPS) is 15.0.